The number of carbonyl (C=O) groups is 1. The lowest BCUT2D eigenvalue weighted by Crippen LogP contribution is -2.44. The molecular weight excluding hydrogens is 342 g/mol. The summed E-state index contributed by atoms with van der Waals surface area (Å²) >= 11 is 0. The van der Waals surface area contributed by atoms with E-state index in [-0.39, 0.29) is 11.5 Å². The lowest BCUT2D eigenvalue weighted by molar-refractivity contribution is -0.0807. The molecule has 3 heterocycles. The van der Waals surface area contributed by atoms with Crippen LogP contribution in [0.3, 0.4) is 0 Å². The number of carbonyl (C=O) groups excluding carboxylic acids is 1. The number of nitrogens with one attached hydrogen (secondary N) is 1. The summed E-state index contributed by atoms with van der Waals surface area (Å²) < 4.78 is 11.2. The predicted molar refractivity (Wildman–Crippen MR) is 104 cm³/mol. The lowest BCUT2D eigenvalue weighted by atomic mass is 9.94. The summed E-state index contributed by atoms with van der Waals surface area (Å²) in [6.45, 7) is 2.82. The van der Waals surface area contributed by atoms with Gasteiger partial charge in [-0.25, -0.2) is 4.98 Å². The molecule has 0 bridgehead atoms. The van der Waals surface area contributed by atoms with E-state index < -0.39 is 0 Å². The Kier molecular flexibility index (Phi) is 5.09. The summed E-state index contributed by atoms with van der Waals surface area (Å²) in [5.74, 6) is 0.744. The monoisotopic (exact) mass is 367 g/mol. The maximum absolute atomic E-state index is 12.9. The van der Waals surface area contributed by atoms with E-state index in [1.165, 1.54) is 5.56 Å². The van der Waals surface area contributed by atoms with Crippen LogP contribution in [0.2, 0.25) is 0 Å². The Morgan fingerprint density at radius 3 is 2.81 bits per heavy atom. The molecule has 0 spiro atoms. The fourth-order valence-corrected chi connectivity index (χ4v) is 3.78. The maximum atomic E-state index is 12.9. The van der Waals surface area contributed by atoms with Gasteiger partial charge in [0.25, 0.3) is 5.91 Å². The molecule has 0 radical (unpaired) electrons. The molecule has 1 saturated heterocycles. The van der Waals surface area contributed by atoms with Gasteiger partial charge in [-0.1, -0.05) is 18.2 Å². The van der Waals surface area contributed by atoms with Gasteiger partial charge in [0.2, 0.25) is 0 Å². The van der Waals surface area contributed by atoms with Gasteiger partial charge in [0.1, 0.15) is 5.82 Å². The van der Waals surface area contributed by atoms with Crippen LogP contribution >= 0.6 is 0 Å². The molecule has 1 aromatic carbocycles. The summed E-state index contributed by atoms with van der Waals surface area (Å²) in [6, 6.07) is 11.8. The average molecular weight is 367 g/mol. The Morgan fingerprint density at radius 2 is 2.07 bits per heavy atom. The van der Waals surface area contributed by atoms with Crippen LogP contribution in [0.4, 0.5) is 11.5 Å². The fraction of sp³-hybridized carbons (Fsp3) is 0.429. The quantitative estimate of drug-likeness (QED) is 0.880. The van der Waals surface area contributed by atoms with Crippen molar-refractivity contribution in [3.8, 4) is 0 Å². The van der Waals surface area contributed by atoms with E-state index >= 15 is 0 Å². The zero-order valence-corrected chi connectivity index (χ0v) is 15.6. The van der Waals surface area contributed by atoms with Gasteiger partial charge in [-0.2, -0.15) is 0 Å². The average Bonchev–Trinajstić information content (AvgIpc) is 3.17. The number of hydrogen-bond acceptors (Lipinski definition) is 5. The molecule has 0 atom stereocenters. The van der Waals surface area contributed by atoms with Crippen LogP contribution in [0.5, 0.6) is 0 Å². The van der Waals surface area contributed by atoms with Crippen LogP contribution in [0.15, 0.2) is 42.6 Å². The summed E-state index contributed by atoms with van der Waals surface area (Å²) in [7, 11) is 1.75. The number of aromatic nitrogens is 1. The molecule has 1 aromatic heterocycles. The van der Waals surface area contributed by atoms with Crippen LogP contribution in [0, 0.1) is 0 Å². The third-order valence-corrected chi connectivity index (χ3v) is 5.57. The smallest absolute Gasteiger partial charge is 0.259 e. The number of fused-ring (bicyclic) bond motifs is 1. The molecule has 0 aliphatic carbocycles. The highest BCUT2D eigenvalue weighted by Gasteiger charge is 2.32. The minimum atomic E-state index is -0.215. The largest absolute Gasteiger partial charge is 0.381 e. The Hall–Kier alpha value is -2.44. The van der Waals surface area contributed by atoms with Crippen LogP contribution in [0.1, 0.15) is 28.8 Å². The molecule has 0 saturated carbocycles. The first kappa shape index (κ1) is 17.9. The van der Waals surface area contributed by atoms with Crippen molar-refractivity contribution in [3.63, 3.8) is 0 Å². The van der Waals surface area contributed by atoms with Gasteiger partial charge >= 0.3 is 0 Å². The van der Waals surface area contributed by atoms with Gasteiger partial charge in [-0.3, -0.25) is 4.79 Å². The molecule has 6 heteroatoms. The van der Waals surface area contributed by atoms with Crippen molar-refractivity contribution in [1.29, 1.82) is 0 Å². The summed E-state index contributed by atoms with van der Waals surface area (Å²) in [6.07, 6.45) is 4.27. The standard InChI is InChI=1S/C21H25N3O3/c1-26-21(9-12-27-13-10-21)15-23-19-7-6-17(14-22-19)20(25)24-11-8-16-4-2-3-5-18(16)24/h2-7,14H,8-13,15H2,1H3,(H,22,23). The van der Waals surface area contributed by atoms with E-state index in [1.807, 2.05) is 35.2 Å². The minimum Gasteiger partial charge on any atom is -0.381 e. The molecule has 6 nitrogen and oxygen atoms in total. The van der Waals surface area contributed by atoms with Crippen molar-refractivity contribution in [2.24, 2.45) is 0 Å². The summed E-state index contributed by atoms with van der Waals surface area (Å²) in [5, 5.41) is 3.34. The molecule has 1 N–H and O–H groups in total. The predicted octanol–water partition coefficient (Wildman–Crippen LogP) is 2.89. The van der Waals surface area contributed by atoms with Crippen molar-refractivity contribution >= 4 is 17.4 Å². The number of para-hydroxylation sites is 1. The van der Waals surface area contributed by atoms with Gasteiger partial charge in [-0.15, -0.1) is 0 Å². The molecule has 1 amide bonds. The normalized spacial score (nSPS) is 18.2. The zero-order valence-electron chi connectivity index (χ0n) is 15.6. The molecule has 1 fully saturated rings. The Bertz CT molecular complexity index is 801. The first-order valence-electron chi connectivity index (χ1n) is 9.43. The highest BCUT2D eigenvalue weighted by Crippen LogP contribution is 2.29. The molecule has 4 rings (SSSR count). The van der Waals surface area contributed by atoms with Crippen molar-refractivity contribution < 1.29 is 14.3 Å². The SMILES string of the molecule is COC1(CNc2ccc(C(=O)N3CCc4ccccc43)cn2)CCOCC1. The van der Waals surface area contributed by atoms with E-state index in [0.717, 1.165) is 37.3 Å². The van der Waals surface area contributed by atoms with Crippen molar-refractivity contribution in [1.82, 2.24) is 4.98 Å². The van der Waals surface area contributed by atoms with Crippen molar-refractivity contribution in [3.05, 3.63) is 53.7 Å². The highest BCUT2D eigenvalue weighted by atomic mass is 16.5. The number of hydrogen-bond donors (Lipinski definition) is 1. The van der Waals surface area contributed by atoms with Crippen molar-refractivity contribution in [2.75, 3.05) is 43.6 Å². The van der Waals surface area contributed by atoms with Crippen LogP contribution < -0.4 is 10.2 Å². The Balaban J connectivity index is 1.41. The molecule has 142 valence electrons. The van der Waals surface area contributed by atoms with Gasteiger partial charge in [-0.05, 0) is 30.2 Å². The van der Waals surface area contributed by atoms with E-state index in [2.05, 4.69) is 16.4 Å². The molecule has 2 aliphatic rings. The Morgan fingerprint density at radius 1 is 1.26 bits per heavy atom. The second kappa shape index (κ2) is 7.66. The van der Waals surface area contributed by atoms with Gasteiger partial charge in [0.05, 0.1) is 11.2 Å². The number of ether oxygens (including phenoxy) is 2. The number of anilines is 2. The minimum absolute atomic E-state index is 0.00297. The third kappa shape index (κ3) is 3.68. The topological polar surface area (TPSA) is 63.7 Å². The summed E-state index contributed by atoms with van der Waals surface area (Å²) in [4.78, 5) is 19.1. The summed E-state index contributed by atoms with van der Waals surface area (Å²) in [5.41, 5.74) is 2.61. The zero-order chi connectivity index (χ0) is 18.7. The number of methoxy groups -OCH3 is 1. The van der Waals surface area contributed by atoms with Gasteiger partial charge in [0, 0.05) is 58.1 Å². The second-order valence-electron chi connectivity index (χ2n) is 7.12. The number of benzene rings is 1. The molecule has 2 aliphatic heterocycles. The van der Waals surface area contributed by atoms with Gasteiger partial charge in [0.15, 0.2) is 0 Å². The molecule has 0 unspecified atom stereocenters. The highest BCUT2D eigenvalue weighted by molar-refractivity contribution is 6.07. The molecule has 27 heavy (non-hydrogen) atoms. The number of pyridine rings is 1. The fourth-order valence-electron chi connectivity index (χ4n) is 3.78. The first-order chi connectivity index (χ1) is 13.2. The van der Waals surface area contributed by atoms with Crippen LogP contribution in [-0.4, -0.2) is 49.9 Å². The molecule has 2 aromatic rings. The van der Waals surface area contributed by atoms with E-state index in [4.69, 9.17) is 9.47 Å². The van der Waals surface area contributed by atoms with E-state index in [0.29, 0.717) is 25.3 Å². The molecular formula is C21H25N3O3. The number of amides is 1. The number of rotatable bonds is 5. The number of nitrogens with zero attached hydrogens (tertiary/aromatic N) is 2. The van der Waals surface area contributed by atoms with E-state index in [9.17, 15) is 4.79 Å². The van der Waals surface area contributed by atoms with Crippen molar-refractivity contribution in [2.45, 2.75) is 24.9 Å². The second-order valence-corrected chi connectivity index (χ2v) is 7.12. The van der Waals surface area contributed by atoms with Gasteiger partial charge < -0.3 is 19.7 Å². The third-order valence-electron chi connectivity index (χ3n) is 5.57. The Labute approximate surface area is 159 Å². The maximum Gasteiger partial charge on any atom is 0.259 e. The van der Waals surface area contributed by atoms with Crippen LogP contribution in [0.25, 0.3) is 0 Å². The first-order valence-corrected chi connectivity index (χ1v) is 9.43. The van der Waals surface area contributed by atoms with E-state index in [1.54, 1.807) is 13.3 Å². The van der Waals surface area contributed by atoms with Crippen LogP contribution in [-0.2, 0) is 15.9 Å². The lowest BCUT2D eigenvalue weighted by Gasteiger charge is -2.36.